The van der Waals surface area contributed by atoms with E-state index in [2.05, 4.69) is 15.3 Å². The molecule has 0 aliphatic carbocycles. The third-order valence-corrected chi connectivity index (χ3v) is 3.58. The average Bonchev–Trinajstić information content (AvgIpc) is 2.17. The van der Waals surface area contributed by atoms with Crippen LogP contribution in [0.25, 0.3) is 0 Å². The molecule has 0 fully saturated rings. The van der Waals surface area contributed by atoms with Crippen molar-refractivity contribution >= 4 is 28.2 Å². The minimum absolute atomic E-state index is 0.185. The molecule has 0 bridgehead atoms. The Morgan fingerprint density at radius 2 is 2.33 bits per heavy atom. The minimum Gasteiger partial charge on any atom is -0.369 e. The molecule has 0 saturated heterocycles. The van der Waals surface area contributed by atoms with Crippen LogP contribution in [0, 0.1) is 0 Å². The maximum atomic E-state index is 11.1. The van der Waals surface area contributed by atoms with Crippen molar-refractivity contribution in [2.24, 2.45) is 0 Å². The van der Waals surface area contributed by atoms with E-state index in [1.54, 1.807) is 12.5 Å². The summed E-state index contributed by atoms with van der Waals surface area (Å²) in [6.45, 7) is 2.68. The average molecular weight is 248 g/mol. The molecule has 1 heterocycles. The van der Waals surface area contributed by atoms with Crippen molar-refractivity contribution in [3.63, 3.8) is 0 Å². The smallest absolute Gasteiger partial charge is 0.149 e. The Hall–Kier alpha value is -0.680. The first kappa shape index (κ1) is 12.4. The van der Waals surface area contributed by atoms with Crippen LogP contribution in [0.2, 0.25) is 5.15 Å². The molecule has 1 aromatic rings. The highest BCUT2D eigenvalue weighted by atomic mass is 35.5. The lowest BCUT2D eigenvalue weighted by atomic mass is 10.3. The van der Waals surface area contributed by atoms with Gasteiger partial charge < -0.3 is 5.32 Å². The summed E-state index contributed by atoms with van der Waals surface area (Å²) in [7, 11) is -0.775. The number of hydrogen-bond donors (Lipinski definition) is 1. The van der Waals surface area contributed by atoms with Crippen LogP contribution in [-0.4, -0.2) is 32.2 Å². The lowest BCUT2D eigenvalue weighted by Crippen LogP contribution is -2.15. The summed E-state index contributed by atoms with van der Waals surface area (Å²) in [4.78, 5) is 7.93. The van der Waals surface area contributed by atoms with Crippen LogP contribution < -0.4 is 5.32 Å². The first-order valence-corrected chi connectivity index (χ1v) is 6.63. The van der Waals surface area contributed by atoms with E-state index in [1.165, 1.54) is 6.20 Å². The van der Waals surface area contributed by atoms with Gasteiger partial charge in [-0.25, -0.2) is 4.98 Å². The van der Waals surface area contributed by atoms with E-state index >= 15 is 0 Å². The standard InChI is InChI=1S/C9H14ClN3OS/c1-7(15(2)14)3-4-12-9-6-11-5-8(10)13-9/h5-7H,3-4H2,1-2H3,(H,12,13). The molecule has 2 atom stereocenters. The zero-order valence-corrected chi connectivity index (χ0v) is 10.3. The molecular formula is C9H14ClN3OS. The van der Waals surface area contributed by atoms with E-state index in [0.717, 1.165) is 13.0 Å². The molecular weight excluding hydrogens is 234 g/mol. The lowest BCUT2D eigenvalue weighted by Gasteiger charge is -2.09. The molecule has 0 aliphatic heterocycles. The van der Waals surface area contributed by atoms with Crippen molar-refractivity contribution in [2.45, 2.75) is 18.6 Å². The van der Waals surface area contributed by atoms with E-state index < -0.39 is 10.8 Å². The molecule has 6 heteroatoms. The highest BCUT2D eigenvalue weighted by Gasteiger charge is 2.05. The third kappa shape index (κ3) is 4.57. The van der Waals surface area contributed by atoms with E-state index in [1.807, 2.05) is 6.92 Å². The Kier molecular flexibility index (Phi) is 4.98. The third-order valence-electron chi connectivity index (χ3n) is 2.03. The van der Waals surface area contributed by atoms with Crippen molar-refractivity contribution in [3.8, 4) is 0 Å². The Bertz CT molecular complexity index is 348. The fraction of sp³-hybridized carbons (Fsp3) is 0.556. The van der Waals surface area contributed by atoms with Gasteiger partial charge in [-0.2, -0.15) is 0 Å². The van der Waals surface area contributed by atoms with Crippen molar-refractivity contribution in [2.75, 3.05) is 18.1 Å². The van der Waals surface area contributed by atoms with Crippen molar-refractivity contribution < 1.29 is 4.21 Å². The second kappa shape index (κ2) is 6.02. The quantitative estimate of drug-likeness (QED) is 0.861. The predicted octanol–water partition coefficient (Wildman–Crippen LogP) is 1.70. The van der Waals surface area contributed by atoms with Crippen molar-refractivity contribution in [3.05, 3.63) is 17.5 Å². The molecule has 0 radical (unpaired) electrons. The molecule has 15 heavy (non-hydrogen) atoms. The number of aromatic nitrogens is 2. The van der Waals surface area contributed by atoms with Crippen molar-refractivity contribution in [1.82, 2.24) is 9.97 Å². The van der Waals surface area contributed by atoms with Crippen LogP contribution in [0.3, 0.4) is 0 Å². The van der Waals surface area contributed by atoms with Gasteiger partial charge in [0, 0.05) is 28.9 Å². The molecule has 0 spiro atoms. The van der Waals surface area contributed by atoms with Gasteiger partial charge in [-0.05, 0) is 6.42 Å². The molecule has 0 amide bonds. The highest BCUT2D eigenvalue weighted by molar-refractivity contribution is 7.84. The largest absolute Gasteiger partial charge is 0.369 e. The number of nitrogens with zero attached hydrogens (tertiary/aromatic N) is 2. The number of nitrogens with one attached hydrogen (secondary N) is 1. The normalized spacial score (nSPS) is 14.6. The molecule has 2 unspecified atom stereocenters. The van der Waals surface area contributed by atoms with Gasteiger partial charge in [0.2, 0.25) is 0 Å². The summed E-state index contributed by atoms with van der Waals surface area (Å²) in [5.74, 6) is 0.650. The van der Waals surface area contributed by atoms with Crippen molar-refractivity contribution in [1.29, 1.82) is 0 Å². The zero-order chi connectivity index (χ0) is 11.3. The first-order chi connectivity index (χ1) is 7.09. The van der Waals surface area contributed by atoms with E-state index in [-0.39, 0.29) is 5.25 Å². The lowest BCUT2D eigenvalue weighted by molar-refractivity contribution is 0.672. The monoisotopic (exact) mass is 247 g/mol. The molecule has 0 aliphatic rings. The molecule has 0 saturated carbocycles. The topological polar surface area (TPSA) is 54.9 Å². The van der Waals surface area contributed by atoms with Crippen LogP contribution in [0.15, 0.2) is 12.4 Å². The van der Waals surface area contributed by atoms with Gasteiger partial charge in [-0.1, -0.05) is 18.5 Å². The number of hydrogen-bond acceptors (Lipinski definition) is 4. The predicted molar refractivity (Wildman–Crippen MR) is 63.7 cm³/mol. The first-order valence-electron chi connectivity index (χ1n) is 4.63. The van der Waals surface area contributed by atoms with Crippen LogP contribution in [0.5, 0.6) is 0 Å². The van der Waals surface area contributed by atoms with Crippen LogP contribution in [0.1, 0.15) is 13.3 Å². The minimum atomic E-state index is -0.775. The summed E-state index contributed by atoms with van der Waals surface area (Å²) >= 11 is 5.67. The fourth-order valence-corrected chi connectivity index (χ4v) is 1.59. The Labute approximate surface area is 96.9 Å². The Morgan fingerprint density at radius 3 is 2.93 bits per heavy atom. The summed E-state index contributed by atoms with van der Waals surface area (Å²) < 4.78 is 11.1. The second-order valence-electron chi connectivity index (χ2n) is 3.25. The Balaban J connectivity index is 2.35. The number of rotatable bonds is 5. The van der Waals surface area contributed by atoms with Gasteiger partial charge in [0.1, 0.15) is 11.0 Å². The van der Waals surface area contributed by atoms with E-state index in [9.17, 15) is 4.21 Å². The van der Waals surface area contributed by atoms with Gasteiger partial charge in [-0.3, -0.25) is 9.19 Å². The number of halogens is 1. The summed E-state index contributed by atoms with van der Waals surface area (Å²) in [6, 6.07) is 0. The summed E-state index contributed by atoms with van der Waals surface area (Å²) in [5.41, 5.74) is 0. The fourth-order valence-electron chi connectivity index (χ4n) is 0.997. The molecule has 1 rings (SSSR count). The van der Waals surface area contributed by atoms with Gasteiger partial charge in [0.15, 0.2) is 0 Å². The molecule has 4 nitrogen and oxygen atoms in total. The SMILES string of the molecule is CC(CCNc1cncc(Cl)n1)S(C)=O. The van der Waals surface area contributed by atoms with Crippen LogP contribution in [-0.2, 0) is 10.8 Å². The molecule has 84 valence electrons. The van der Waals surface area contributed by atoms with Gasteiger partial charge in [0.25, 0.3) is 0 Å². The summed E-state index contributed by atoms with van der Waals surface area (Å²) in [6.07, 6.45) is 5.64. The van der Waals surface area contributed by atoms with Gasteiger partial charge >= 0.3 is 0 Å². The molecule has 1 aromatic heterocycles. The maximum absolute atomic E-state index is 11.1. The summed E-state index contributed by atoms with van der Waals surface area (Å²) in [5, 5.41) is 3.63. The van der Waals surface area contributed by atoms with E-state index in [4.69, 9.17) is 11.6 Å². The van der Waals surface area contributed by atoms with Crippen LogP contribution >= 0.6 is 11.6 Å². The van der Waals surface area contributed by atoms with Crippen LogP contribution in [0.4, 0.5) is 5.82 Å². The van der Waals surface area contributed by atoms with Gasteiger partial charge in [0.05, 0.1) is 12.4 Å². The van der Waals surface area contributed by atoms with E-state index in [0.29, 0.717) is 11.0 Å². The zero-order valence-electron chi connectivity index (χ0n) is 8.74. The number of anilines is 1. The van der Waals surface area contributed by atoms with Gasteiger partial charge in [-0.15, -0.1) is 0 Å². The highest BCUT2D eigenvalue weighted by Crippen LogP contribution is 2.07. The maximum Gasteiger partial charge on any atom is 0.149 e. The second-order valence-corrected chi connectivity index (χ2v) is 5.44. The molecule has 1 N–H and O–H groups in total. The Morgan fingerprint density at radius 1 is 1.60 bits per heavy atom. The molecule has 0 aromatic carbocycles.